The van der Waals surface area contributed by atoms with Crippen molar-refractivity contribution in [2.45, 2.75) is 5.54 Å². The van der Waals surface area contributed by atoms with E-state index in [9.17, 15) is 0 Å². The smallest absolute Gasteiger partial charge is 0.0856 e. The van der Waals surface area contributed by atoms with Gasteiger partial charge in [-0.1, -0.05) is 0 Å². The fourth-order valence-corrected chi connectivity index (χ4v) is 0.910. The van der Waals surface area contributed by atoms with E-state index in [4.69, 9.17) is 36.4 Å². The normalized spacial score (nSPS) is 10.2. The van der Waals surface area contributed by atoms with Crippen LogP contribution in [0.4, 0.5) is 0 Å². The molecule has 0 atom stereocenters. The molecule has 0 aliphatic carbocycles. The Morgan fingerprint density at radius 2 is 0.900 bits per heavy atom. The van der Waals surface area contributed by atoms with Crippen LogP contribution in [0, 0.1) is 0 Å². The van der Waals surface area contributed by atoms with Crippen molar-refractivity contribution in [3.05, 3.63) is 0 Å². The molecule has 0 saturated carbocycles. The summed E-state index contributed by atoms with van der Waals surface area (Å²) < 4.78 is 0. The van der Waals surface area contributed by atoms with Gasteiger partial charge in [-0.2, -0.15) is 0 Å². The molecule has 0 unspecified atom stereocenters. The molecule has 0 aromatic carbocycles. The third-order valence-corrected chi connectivity index (χ3v) is 2.19. The number of aliphatic hydroxyl groups excluding tert-OH is 6. The first-order valence-corrected chi connectivity index (χ1v) is 5.70. The number of hydrogen-bond donors (Lipinski definition) is 7. The summed E-state index contributed by atoms with van der Waals surface area (Å²) in [4.78, 5) is 1.79. The van der Waals surface area contributed by atoms with Crippen LogP contribution in [0.5, 0.6) is 0 Å². The molecule has 10 heteroatoms. The molecule has 0 heterocycles. The summed E-state index contributed by atoms with van der Waals surface area (Å²) in [5.74, 6) is 0. The van der Waals surface area contributed by atoms with Crippen LogP contribution in [0.2, 0.25) is 0 Å². The lowest BCUT2D eigenvalue weighted by molar-refractivity contribution is 0.0697. The Hall–Kier alpha value is 0.260. The quantitative estimate of drug-likeness (QED) is 0.231. The van der Waals surface area contributed by atoms with Crippen molar-refractivity contribution in [3.8, 4) is 0 Å². The third-order valence-electron chi connectivity index (χ3n) is 2.19. The van der Waals surface area contributed by atoms with Gasteiger partial charge in [-0.15, -0.1) is 24.8 Å². The zero-order valence-corrected chi connectivity index (χ0v) is 13.0. The molecule has 128 valence electrons. The van der Waals surface area contributed by atoms with Crippen LogP contribution in [-0.2, 0) is 0 Å². The molecule has 0 aliphatic heterocycles. The zero-order chi connectivity index (χ0) is 14.4. The molecule has 0 rings (SSSR count). The summed E-state index contributed by atoms with van der Waals surface area (Å²) in [5, 5.41) is 50.5. The van der Waals surface area contributed by atoms with Crippen LogP contribution in [-0.4, -0.2) is 100 Å². The van der Waals surface area contributed by atoms with Gasteiger partial charge in [0, 0.05) is 19.6 Å². The second-order valence-electron chi connectivity index (χ2n) is 3.85. The van der Waals surface area contributed by atoms with Crippen LogP contribution in [0.1, 0.15) is 0 Å². The highest BCUT2D eigenvalue weighted by molar-refractivity contribution is 5.85. The van der Waals surface area contributed by atoms with Crippen molar-refractivity contribution in [2.75, 3.05) is 59.3 Å². The van der Waals surface area contributed by atoms with Crippen molar-refractivity contribution >= 4 is 24.8 Å². The van der Waals surface area contributed by atoms with Crippen molar-refractivity contribution in [1.82, 2.24) is 4.90 Å². The average molecular weight is 343 g/mol. The Morgan fingerprint density at radius 3 is 1.00 bits per heavy atom. The highest BCUT2D eigenvalue weighted by Crippen LogP contribution is 1.93. The average Bonchev–Trinajstić information content (AvgIpc) is 2.39. The Balaban J connectivity index is -0.000000119. The van der Waals surface area contributed by atoms with E-state index in [2.05, 4.69) is 0 Å². The molecule has 8 nitrogen and oxygen atoms in total. The fourth-order valence-electron chi connectivity index (χ4n) is 0.910. The van der Waals surface area contributed by atoms with E-state index in [-0.39, 0.29) is 44.6 Å². The summed E-state index contributed by atoms with van der Waals surface area (Å²) in [6.45, 7) is 0.545. The first-order chi connectivity index (χ1) is 8.53. The maximum Gasteiger partial charge on any atom is 0.0856 e. The summed E-state index contributed by atoms with van der Waals surface area (Å²) in [6, 6.07) is 0. The monoisotopic (exact) mass is 342 g/mol. The van der Waals surface area contributed by atoms with Crippen molar-refractivity contribution < 1.29 is 30.6 Å². The van der Waals surface area contributed by atoms with Gasteiger partial charge in [0.2, 0.25) is 0 Å². The molecule has 0 fully saturated rings. The van der Waals surface area contributed by atoms with Crippen molar-refractivity contribution in [1.29, 1.82) is 0 Å². The summed E-state index contributed by atoms with van der Waals surface area (Å²) in [6.07, 6.45) is 0. The summed E-state index contributed by atoms with van der Waals surface area (Å²) in [5.41, 5.74) is 3.94. The fraction of sp³-hybridized carbons (Fsp3) is 1.00. The zero-order valence-electron chi connectivity index (χ0n) is 11.4. The number of rotatable bonds is 9. The van der Waals surface area contributed by atoms with Crippen LogP contribution in [0.3, 0.4) is 0 Å². The van der Waals surface area contributed by atoms with Crippen LogP contribution < -0.4 is 5.73 Å². The van der Waals surface area contributed by atoms with Crippen LogP contribution in [0.25, 0.3) is 0 Å². The molecule has 20 heavy (non-hydrogen) atoms. The molecule has 0 saturated heterocycles. The first kappa shape index (κ1) is 28.4. The predicted molar refractivity (Wildman–Crippen MR) is 80.4 cm³/mol. The standard InChI is InChI=1S/C6H15NO3.C4H11NO3.2ClH/c8-4-1-7(2-5-9)3-6-10;5-4(1-6,2-7)3-8;;/h8-10H,1-6H2;6-8H,1-3,5H2;2*1H. The first-order valence-electron chi connectivity index (χ1n) is 5.70. The van der Waals surface area contributed by atoms with Crippen LogP contribution >= 0.6 is 24.8 Å². The highest BCUT2D eigenvalue weighted by Gasteiger charge is 2.20. The molecule has 8 N–H and O–H groups in total. The maximum absolute atomic E-state index is 8.48. The summed E-state index contributed by atoms with van der Waals surface area (Å²) in [7, 11) is 0. The number of hydrogen-bond acceptors (Lipinski definition) is 8. The van der Waals surface area contributed by atoms with E-state index < -0.39 is 25.4 Å². The molecule has 0 aliphatic rings. The molecule has 0 radical (unpaired) electrons. The van der Waals surface area contributed by atoms with E-state index in [0.29, 0.717) is 19.6 Å². The van der Waals surface area contributed by atoms with Gasteiger partial charge in [0.1, 0.15) is 0 Å². The van der Waals surface area contributed by atoms with Gasteiger partial charge in [-0.25, -0.2) is 0 Å². The Labute approximate surface area is 131 Å². The number of halogens is 2. The van der Waals surface area contributed by atoms with Crippen LogP contribution in [0.15, 0.2) is 0 Å². The van der Waals surface area contributed by atoms with Gasteiger partial charge < -0.3 is 36.4 Å². The van der Waals surface area contributed by atoms with Gasteiger partial charge in [0.05, 0.1) is 45.2 Å². The molecule has 0 spiro atoms. The SMILES string of the molecule is Cl.Cl.NC(CO)(CO)CO.OCCN(CCO)CCO. The number of nitrogens with two attached hydrogens (primary N) is 1. The topological polar surface area (TPSA) is 151 Å². The Kier molecular flexibility index (Phi) is 27.4. The van der Waals surface area contributed by atoms with Crippen molar-refractivity contribution in [3.63, 3.8) is 0 Å². The van der Waals surface area contributed by atoms with Gasteiger partial charge >= 0.3 is 0 Å². The Bertz CT molecular complexity index is 155. The second-order valence-corrected chi connectivity index (χ2v) is 3.85. The van der Waals surface area contributed by atoms with E-state index in [1.54, 1.807) is 4.90 Å². The lowest BCUT2D eigenvalue weighted by Crippen LogP contribution is -2.50. The minimum Gasteiger partial charge on any atom is -0.395 e. The molecular formula is C10H28Cl2N2O6. The van der Waals surface area contributed by atoms with E-state index in [0.717, 1.165) is 0 Å². The lowest BCUT2D eigenvalue weighted by atomic mass is 10.1. The van der Waals surface area contributed by atoms with Gasteiger partial charge in [0.25, 0.3) is 0 Å². The van der Waals surface area contributed by atoms with E-state index in [1.165, 1.54) is 0 Å². The van der Waals surface area contributed by atoms with Gasteiger partial charge in [-0.05, 0) is 0 Å². The minimum absolute atomic E-state index is 0. The highest BCUT2D eigenvalue weighted by atomic mass is 35.5. The third kappa shape index (κ3) is 16.3. The molecule has 0 bridgehead atoms. The van der Waals surface area contributed by atoms with Gasteiger partial charge in [0.15, 0.2) is 0 Å². The molecule has 0 amide bonds. The van der Waals surface area contributed by atoms with Gasteiger partial charge in [-0.3, -0.25) is 4.90 Å². The lowest BCUT2D eigenvalue weighted by Gasteiger charge is -2.20. The maximum atomic E-state index is 8.48. The predicted octanol–water partition coefficient (Wildman–Crippen LogP) is -3.23. The number of aliphatic hydroxyl groups is 6. The van der Waals surface area contributed by atoms with E-state index >= 15 is 0 Å². The molecule has 0 aromatic rings. The van der Waals surface area contributed by atoms with E-state index in [1.807, 2.05) is 0 Å². The Morgan fingerprint density at radius 1 is 0.650 bits per heavy atom. The second kappa shape index (κ2) is 19.3. The molecule has 0 aromatic heterocycles. The molecular weight excluding hydrogens is 315 g/mol. The largest absolute Gasteiger partial charge is 0.395 e. The van der Waals surface area contributed by atoms with Crippen molar-refractivity contribution in [2.24, 2.45) is 5.73 Å². The number of nitrogens with zero attached hydrogens (tertiary/aromatic N) is 1. The summed E-state index contributed by atoms with van der Waals surface area (Å²) >= 11 is 0. The minimum atomic E-state index is -1.21.